The third-order valence-corrected chi connectivity index (χ3v) is 2.29. The van der Waals surface area contributed by atoms with Crippen LogP contribution in [0, 0.1) is 0 Å². The number of ether oxygens (including phenoxy) is 1. The first-order valence-electron chi connectivity index (χ1n) is 3.95. The van der Waals surface area contributed by atoms with Crippen molar-refractivity contribution in [2.45, 2.75) is 12.5 Å². The van der Waals surface area contributed by atoms with Crippen molar-refractivity contribution in [3.8, 4) is 5.75 Å². The Kier molecular flexibility index (Phi) is 3.42. The highest BCUT2D eigenvalue weighted by Crippen LogP contribution is 2.32. The molecule has 72 valence electrons. The van der Waals surface area contributed by atoms with Gasteiger partial charge in [-0.15, -0.1) is 12.4 Å². The summed E-state index contributed by atoms with van der Waals surface area (Å²) in [5, 5.41) is 0.717. The molecular formula is C9H11Cl2NO. The first-order valence-corrected chi connectivity index (χ1v) is 4.33. The molecule has 2 N–H and O–H groups in total. The van der Waals surface area contributed by atoms with Crippen LogP contribution in [0.5, 0.6) is 5.75 Å². The number of fused-ring (bicyclic) bond motifs is 1. The Bertz CT molecular complexity index is 304. The van der Waals surface area contributed by atoms with E-state index in [2.05, 4.69) is 0 Å². The highest BCUT2D eigenvalue weighted by Gasteiger charge is 2.17. The van der Waals surface area contributed by atoms with E-state index in [1.165, 1.54) is 0 Å². The quantitative estimate of drug-likeness (QED) is 0.729. The minimum absolute atomic E-state index is 0. The molecular weight excluding hydrogens is 209 g/mol. The van der Waals surface area contributed by atoms with E-state index in [-0.39, 0.29) is 18.4 Å². The van der Waals surface area contributed by atoms with Gasteiger partial charge in [-0.25, -0.2) is 0 Å². The molecule has 0 aromatic heterocycles. The summed E-state index contributed by atoms with van der Waals surface area (Å²) in [6, 6.07) is 5.64. The summed E-state index contributed by atoms with van der Waals surface area (Å²) < 4.78 is 5.41. The summed E-state index contributed by atoms with van der Waals surface area (Å²) in [4.78, 5) is 0. The van der Waals surface area contributed by atoms with E-state index in [1.54, 1.807) is 0 Å². The summed E-state index contributed by atoms with van der Waals surface area (Å²) in [6.07, 6.45) is 0.868. The van der Waals surface area contributed by atoms with Crippen molar-refractivity contribution in [2.24, 2.45) is 5.73 Å². The van der Waals surface area contributed by atoms with Gasteiger partial charge in [-0.05, 0) is 18.2 Å². The van der Waals surface area contributed by atoms with E-state index in [9.17, 15) is 0 Å². The van der Waals surface area contributed by atoms with Gasteiger partial charge < -0.3 is 10.5 Å². The number of benzene rings is 1. The molecule has 0 amide bonds. The van der Waals surface area contributed by atoms with Gasteiger partial charge in [-0.1, -0.05) is 11.6 Å². The van der Waals surface area contributed by atoms with Crippen LogP contribution in [0.25, 0.3) is 0 Å². The maximum Gasteiger partial charge on any atom is 0.124 e. The molecule has 13 heavy (non-hydrogen) atoms. The van der Waals surface area contributed by atoms with E-state index in [0.717, 1.165) is 22.8 Å². The number of halogens is 2. The molecule has 1 heterocycles. The molecule has 0 saturated heterocycles. The lowest BCUT2D eigenvalue weighted by molar-refractivity contribution is 0.269. The van der Waals surface area contributed by atoms with Gasteiger partial charge >= 0.3 is 0 Å². The van der Waals surface area contributed by atoms with Gasteiger partial charge in [0, 0.05) is 23.0 Å². The zero-order chi connectivity index (χ0) is 8.55. The fourth-order valence-electron chi connectivity index (χ4n) is 1.39. The Morgan fingerprint density at radius 1 is 1.46 bits per heavy atom. The van der Waals surface area contributed by atoms with Gasteiger partial charge in [0.1, 0.15) is 5.75 Å². The van der Waals surface area contributed by atoms with Crippen molar-refractivity contribution < 1.29 is 4.74 Å². The summed E-state index contributed by atoms with van der Waals surface area (Å²) in [5.74, 6) is 0.873. The first kappa shape index (κ1) is 10.6. The maximum absolute atomic E-state index is 5.88. The molecule has 0 bridgehead atoms. The van der Waals surface area contributed by atoms with E-state index < -0.39 is 0 Å². The monoisotopic (exact) mass is 219 g/mol. The smallest absolute Gasteiger partial charge is 0.124 e. The minimum atomic E-state index is 0. The van der Waals surface area contributed by atoms with Gasteiger partial charge in [0.25, 0.3) is 0 Å². The van der Waals surface area contributed by atoms with Crippen LogP contribution < -0.4 is 10.5 Å². The molecule has 0 aliphatic carbocycles. The van der Waals surface area contributed by atoms with Gasteiger partial charge in [-0.3, -0.25) is 0 Å². The van der Waals surface area contributed by atoms with Crippen molar-refractivity contribution in [3.63, 3.8) is 0 Å². The highest BCUT2D eigenvalue weighted by atomic mass is 35.5. The Morgan fingerprint density at radius 3 is 3.00 bits per heavy atom. The molecule has 2 nitrogen and oxygen atoms in total. The standard InChI is InChI=1S/C9H10ClNO.ClH/c10-6-1-2-9-7(5-6)8(11)3-4-12-9;/h1-2,5,8H,3-4,11H2;1H. The number of nitrogens with two attached hydrogens (primary N) is 1. The zero-order valence-corrected chi connectivity index (χ0v) is 8.57. The van der Waals surface area contributed by atoms with Crippen LogP contribution in [0.4, 0.5) is 0 Å². The lowest BCUT2D eigenvalue weighted by atomic mass is 10.0. The fraction of sp³-hybridized carbons (Fsp3) is 0.333. The van der Waals surface area contributed by atoms with Crippen LogP contribution in [-0.2, 0) is 0 Å². The molecule has 1 aromatic carbocycles. The van der Waals surface area contributed by atoms with Crippen molar-refractivity contribution in [3.05, 3.63) is 28.8 Å². The van der Waals surface area contributed by atoms with Crippen LogP contribution in [0.2, 0.25) is 5.02 Å². The maximum atomic E-state index is 5.88. The van der Waals surface area contributed by atoms with E-state index >= 15 is 0 Å². The predicted octanol–water partition coefficient (Wildman–Crippen LogP) is 2.54. The number of rotatable bonds is 0. The minimum Gasteiger partial charge on any atom is -0.493 e. The number of hydrogen-bond acceptors (Lipinski definition) is 2. The van der Waals surface area contributed by atoms with Crippen LogP contribution >= 0.6 is 24.0 Å². The van der Waals surface area contributed by atoms with Crippen molar-refractivity contribution in [2.75, 3.05) is 6.61 Å². The molecule has 1 aliphatic rings. The van der Waals surface area contributed by atoms with Crippen LogP contribution in [0.1, 0.15) is 18.0 Å². The van der Waals surface area contributed by atoms with Crippen LogP contribution in [0.15, 0.2) is 18.2 Å². The molecule has 0 fully saturated rings. The lowest BCUT2D eigenvalue weighted by Crippen LogP contribution is -2.20. The molecule has 2 rings (SSSR count). The largest absolute Gasteiger partial charge is 0.493 e. The van der Waals surface area contributed by atoms with E-state index in [4.69, 9.17) is 22.1 Å². The molecule has 1 aromatic rings. The second kappa shape index (κ2) is 4.18. The van der Waals surface area contributed by atoms with Gasteiger partial charge in [-0.2, -0.15) is 0 Å². The summed E-state index contributed by atoms with van der Waals surface area (Å²) in [6.45, 7) is 0.704. The summed E-state index contributed by atoms with van der Waals surface area (Å²) >= 11 is 5.83. The number of hydrogen-bond donors (Lipinski definition) is 1. The zero-order valence-electron chi connectivity index (χ0n) is 7.00. The molecule has 1 unspecified atom stereocenters. The second-order valence-corrected chi connectivity index (χ2v) is 3.36. The van der Waals surface area contributed by atoms with Crippen LogP contribution in [0.3, 0.4) is 0 Å². The third kappa shape index (κ3) is 2.08. The summed E-state index contributed by atoms with van der Waals surface area (Å²) in [7, 11) is 0. The normalized spacial score (nSPS) is 19.7. The first-order chi connectivity index (χ1) is 5.77. The average molecular weight is 220 g/mol. The Hall–Kier alpha value is -0.440. The van der Waals surface area contributed by atoms with Crippen LogP contribution in [-0.4, -0.2) is 6.61 Å². The second-order valence-electron chi connectivity index (χ2n) is 2.93. The fourth-order valence-corrected chi connectivity index (χ4v) is 1.57. The molecule has 4 heteroatoms. The topological polar surface area (TPSA) is 35.2 Å². The predicted molar refractivity (Wildman–Crippen MR) is 55.7 cm³/mol. The van der Waals surface area contributed by atoms with Crippen molar-refractivity contribution in [1.82, 2.24) is 0 Å². The molecule has 1 aliphatic heterocycles. The highest BCUT2D eigenvalue weighted by molar-refractivity contribution is 6.30. The van der Waals surface area contributed by atoms with Crippen molar-refractivity contribution >= 4 is 24.0 Å². The molecule has 0 radical (unpaired) electrons. The van der Waals surface area contributed by atoms with Crippen molar-refractivity contribution in [1.29, 1.82) is 0 Å². The average Bonchev–Trinajstić information content (AvgIpc) is 2.07. The summed E-state index contributed by atoms with van der Waals surface area (Å²) in [5.41, 5.74) is 6.90. The Balaban J connectivity index is 0.000000845. The molecule has 0 spiro atoms. The SMILES string of the molecule is Cl.NC1CCOc2ccc(Cl)cc21. The lowest BCUT2D eigenvalue weighted by Gasteiger charge is -2.22. The van der Waals surface area contributed by atoms with Gasteiger partial charge in [0.05, 0.1) is 6.61 Å². The Labute approximate surface area is 88.4 Å². The van der Waals surface area contributed by atoms with Gasteiger partial charge in [0.2, 0.25) is 0 Å². The molecule has 0 saturated carbocycles. The molecule has 1 atom stereocenters. The van der Waals surface area contributed by atoms with E-state index in [1.807, 2.05) is 18.2 Å². The third-order valence-electron chi connectivity index (χ3n) is 2.06. The van der Waals surface area contributed by atoms with E-state index in [0.29, 0.717) is 6.61 Å². The van der Waals surface area contributed by atoms with Gasteiger partial charge in [0.15, 0.2) is 0 Å². The Morgan fingerprint density at radius 2 is 2.23 bits per heavy atom.